The molecule has 1 amide bonds. The number of likely N-dealkylation sites (tertiary alicyclic amines) is 1. The maximum Gasteiger partial charge on any atom is 0.251 e. The van der Waals surface area contributed by atoms with E-state index < -0.39 is 0 Å². The van der Waals surface area contributed by atoms with Crippen LogP contribution in [0.15, 0.2) is 41.2 Å². The first-order valence-electron chi connectivity index (χ1n) is 10.8. The maximum absolute atomic E-state index is 12.9. The molecule has 0 radical (unpaired) electrons. The van der Waals surface area contributed by atoms with Crippen LogP contribution in [-0.2, 0) is 6.54 Å². The number of carbonyl (C=O) groups is 1. The van der Waals surface area contributed by atoms with Gasteiger partial charge in [-0.25, -0.2) is 0 Å². The highest BCUT2D eigenvalue weighted by molar-refractivity contribution is 5.95. The second-order valence-electron chi connectivity index (χ2n) is 8.97. The van der Waals surface area contributed by atoms with Gasteiger partial charge < -0.3 is 14.8 Å². The molecule has 1 aromatic heterocycles. The molecule has 0 spiro atoms. The van der Waals surface area contributed by atoms with Crippen LogP contribution in [0.5, 0.6) is 0 Å². The van der Waals surface area contributed by atoms with Crippen LogP contribution >= 0.6 is 0 Å². The fraction of sp³-hybridized carbons (Fsp3) is 0.500. The zero-order valence-electron chi connectivity index (χ0n) is 17.6. The molecule has 1 saturated heterocycles. The summed E-state index contributed by atoms with van der Waals surface area (Å²) in [6.45, 7) is 11.1. The Balaban J connectivity index is 1.68. The Morgan fingerprint density at radius 1 is 1.14 bits per heavy atom. The fourth-order valence-electron chi connectivity index (χ4n) is 4.99. The zero-order valence-corrected chi connectivity index (χ0v) is 17.6. The third kappa shape index (κ3) is 4.15. The van der Waals surface area contributed by atoms with Gasteiger partial charge >= 0.3 is 0 Å². The van der Waals surface area contributed by atoms with E-state index in [1.807, 2.05) is 35.8 Å². The number of hydrogen-bond donors (Lipinski definition) is 1. The van der Waals surface area contributed by atoms with Crippen LogP contribution in [0.3, 0.4) is 0 Å². The standard InChI is InChI=1S/C24H31N3O2/c1-4-25-24(29)19-7-5-6-18(9-19)20-10-22-21-8-17(14-27(22)23(28)11-20)13-26(15-21)12-16(2)3/h5-7,9-11,16-17,21H,4,8,12-15H2,1-3H3,(H,25,29)/t17-,21+/m0/s1. The highest BCUT2D eigenvalue weighted by atomic mass is 16.1. The topological polar surface area (TPSA) is 54.3 Å². The van der Waals surface area contributed by atoms with E-state index in [0.717, 1.165) is 49.4 Å². The predicted molar refractivity (Wildman–Crippen MR) is 116 cm³/mol. The number of pyridine rings is 1. The van der Waals surface area contributed by atoms with E-state index in [0.29, 0.717) is 29.9 Å². The van der Waals surface area contributed by atoms with Crippen molar-refractivity contribution in [3.63, 3.8) is 0 Å². The van der Waals surface area contributed by atoms with Gasteiger partial charge in [-0.1, -0.05) is 26.0 Å². The van der Waals surface area contributed by atoms with E-state index in [4.69, 9.17) is 0 Å². The van der Waals surface area contributed by atoms with E-state index in [1.165, 1.54) is 0 Å². The molecule has 2 atom stereocenters. The van der Waals surface area contributed by atoms with Crippen molar-refractivity contribution >= 4 is 5.91 Å². The van der Waals surface area contributed by atoms with Crippen molar-refractivity contribution in [2.75, 3.05) is 26.2 Å². The van der Waals surface area contributed by atoms with Crippen molar-refractivity contribution < 1.29 is 4.79 Å². The second kappa shape index (κ2) is 8.15. The third-order valence-electron chi connectivity index (χ3n) is 6.05. The Morgan fingerprint density at radius 2 is 1.97 bits per heavy atom. The summed E-state index contributed by atoms with van der Waals surface area (Å²) in [4.78, 5) is 27.7. The normalized spacial score (nSPS) is 21.1. The predicted octanol–water partition coefficient (Wildman–Crippen LogP) is 3.34. The Hall–Kier alpha value is -2.40. The molecule has 5 heteroatoms. The summed E-state index contributed by atoms with van der Waals surface area (Å²) >= 11 is 0. The van der Waals surface area contributed by atoms with Crippen LogP contribution in [0.2, 0.25) is 0 Å². The molecule has 2 aromatic rings. The summed E-state index contributed by atoms with van der Waals surface area (Å²) in [5, 5.41) is 2.84. The minimum Gasteiger partial charge on any atom is -0.352 e. The number of fused-ring (bicyclic) bond motifs is 4. The average molecular weight is 394 g/mol. The van der Waals surface area contributed by atoms with E-state index in [9.17, 15) is 9.59 Å². The van der Waals surface area contributed by atoms with Gasteiger partial charge in [-0.15, -0.1) is 0 Å². The molecule has 2 aliphatic heterocycles. The quantitative estimate of drug-likeness (QED) is 0.848. The fourth-order valence-corrected chi connectivity index (χ4v) is 4.99. The van der Waals surface area contributed by atoms with Gasteiger partial charge in [0.15, 0.2) is 0 Å². The lowest BCUT2D eigenvalue weighted by atomic mass is 9.82. The zero-order chi connectivity index (χ0) is 20.5. The Bertz CT molecular complexity index is 963. The molecule has 2 bridgehead atoms. The van der Waals surface area contributed by atoms with Crippen molar-refractivity contribution in [1.29, 1.82) is 0 Å². The summed E-state index contributed by atoms with van der Waals surface area (Å²) in [6, 6.07) is 11.5. The molecular weight excluding hydrogens is 362 g/mol. The molecule has 5 nitrogen and oxygen atoms in total. The van der Waals surface area contributed by atoms with Crippen LogP contribution in [0.1, 0.15) is 49.2 Å². The van der Waals surface area contributed by atoms with Gasteiger partial charge in [-0.3, -0.25) is 9.59 Å². The van der Waals surface area contributed by atoms with Gasteiger partial charge in [0.05, 0.1) is 0 Å². The highest BCUT2D eigenvalue weighted by Gasteiger charge is 2.34. The molecular formula is C24H31N3O2. The number of hydrogen-bond acceptors (Lipinski definition) is 3. The van der Waals surface area contributed by atoms with Crippen molar-refractivity contribution in [3.8, 4) is 11.1 Å². The number of benzene rings is 1. The van der Waals surface area contributed by atoms with E-state index in [-0.39, 0.29) is 11.5 Å². The first-order chi connectivity index (χ1) is 13.9. The van der Waals surface area contributed by atoms with E-state index in [2.05, 4.69) is 30.1 Å². The number of amides is 1. The largest absolute Gasteiger partial charge is 0.352 e. The monoisotopic (exact) mass is 393 g/mol. The van der Waals surface area contributed by atoms with Crippen LogP contribution < -0.4 is 10.9 Å². The molecule has 154 valence electrons. The number of carbonyl (C=O) groups excluding carboxylic acids is 1. The van der Waals surface area contributed by atoms with Gasteiger partial charge in [0.1, 0.15) is 0 Å². The Morgan fingerprint density at radius 3 is 2.72 bits per heavy atom. The average Bonchev–Trinajstić information content (AvgIpc) is 2.68. The number of nitrogens with zero attached hydrogens (tertiary/aromatic N) is 2. The van der Waals surface area contributed by atoms with Gasteiger partial charge in [0, 0.05) is 56.0 Å². The number of aromatic nitrogens is 1. The second-order valence-corrected chi connectivity index (χ2v) is 8.97. The first kappa shape index (κ1) is 19.9. The van der Waals surface area contributed by atoms with E-state index >= 15 is 0 Å². The van der Waals surface area contributed by atoms with Gasteiger partial charge in [0.25, 0.3) is 11.5 Å². The molecule has 0 aliphatic carbocycles. The van der Waals surface area contributed by atoms with Crippen molar-refractivity contribution in [1.82, 2.24) is 14.8 Å². The summed E-state index contributed by atoms with van der Waals surface area (Å²) < 4.78 is 1.99. The highest BCUT2D eigenvalue weighted by Crippen LogP contribution is 2.36. The molecule has 1 fully saturated rings. The van der Waals surface area contributed by atoms with Gasteiger partial charge in [-0.2, -0.15) is 0 Å². The number of nitrogens with one attached hydrogen (secondary N) is 1. The van der Waals surface area contributed by atoms with Crippen LogP contribution in [0, 0.1) is 11.8 Å². The molecule has 4 rings (SSSR count). The van der Waals surface area contributed by atoms with Crippen molar-refractivity contribution in [2.45, 2.75) is 39.7 Å². The first-order valence-corrected chi connectivity index (χ1v) is 10.8. The number of piperidine rings is 1. The van der Waals surface area contributed by atoms with Crippen molar-refractivity contribution in [2.24, 2.45) is 11.8 Å². The molecule has 2 aliphatic rings. The number of rotatable bonds is 5. The lowest BCUT2D eigenvalue weighted by molar-refractivity contribution is 0.0956. The van der Waals surface area contributed by atoms with Crippen LogP contribution in [-0.4, -0.2) is 41.6 Å². The lowest BCUT2D eigenvalue weighted by Crippen LogP contribution is -2.48. The maximum atomic E-state index is 12.9. The summed E-state index contributed by atoms with van der Waals surface area (Å²) in [6.07, 6.45) is 1.16. The SMILES string of the molecule is CCNC(=O)c1cccc(-c2cc3n(c(=O)c2)C[C@H]2C[C@@H]3CN(CC(C)C)C2)c1. The van der Waals surface area contributed by atoms with Gasteiger partial charge in [-0.05, 0) is 54.5 Å². The minimum atomic E-state index is -0.0801. The van der Waals surface area contributed by atoms with Crippen LogP contribution in [0.4, 0.5) is 0 Å². The molecule has 1 aromatic carbocycles. The molecule has 1 N–H and O–H groups in total. The summed E-state index contributed by atoms with van der Waals surface area (Å²) in [5.74, 6) is 1.54. The van der Waals surface area contributed by atoms with Gasteiger partial charge in [0.2, 0.25) is 0 Å². The lowest BCUT2D eigenvalue weighted by Gasteiger charge is -2.43. The van der Waals surface area contributed by atoms with Crippen LogP contribution in [0.25, 0.3) is 11.1 Å². The summed E-state index contributed by atoms with van der Waals surface area (Å²) in [5.41, 5.74) is 3.69. The minimum absolute atomic E-state index is 0.0768. The Kier molecular flexibility index (Phi) is 5.59. The molecule has 0 unspecified atom stereocenters. The Labute approximate surface area is 172 Å². The van der Waals surface area contributed by atoms with E-state index in [1.54, 1.807) is 6.07 Å². The molecule has 0 saturated carbocycles. The molecule has 3 heterocycles. The molecule has 29 heavy (non-hydrogen) atoms. The summed E-state index contributed by atoms with van der Waals surface area (Å²) in [7, 11) is 0. The third-order valence-corrected chi connectivity index (χ3v) is 6.05. The van der Waals surface area contributed by atoms with Crippen molar-refractivity contribution in [3.05, 3.63) is 58.0 Å². The smallest absolute Gasteiger partial charge is 0.251 e.